The van der Waals surface area contributed by atoms with E-state index in [0.29, 0.717) is 0 Å². The van der Waals surface area contributed by atoms with Crippen LogP contribution in [0.1, 0.15) is 19.4 Å². The van der Waals surface area contributed by atoms with Gasteiger partial charge in [-0.1, -0.05) is 19.1 Å². The highest BCUT2D eigenvalue weighted by Gasteiger charge is 2.08. The van der Waals surface area contributed by atoms with E-state index in [0.717, 1.165) is 25.3 Å². The highest BCUT2D eigenvalue weighted by Crippen LogP contribution is 2.09. The third kappa shape index (κ3) is 3.92. The van der Waals surface area contributed by atoms with Crippen molar-refractivity contribution in [2.24, 2.45) is 5.92 Å². The minimum atomic E-state index is 0.0775. The topological polar surface area (TPSA) is 53.0 Å². The van der Waals surface area contributed by atoms with Crippen LogP contribution < -0.4 is 5.73 Å². The van der Waals surface area contributed by atoms with Crippen molar-refractivity contribution in [3.05, 3.63) is 29.8 Å². The van der Waals surface area contributed by atoms with Gasteiger partial charge in [0.1, 0.15) is 0 Å². The molecule has 0 aromatic heterocycles. The Labute approximate surface area is 97.5 Å². The van der Waals surface area contributed by atoms with Gasteiger partial charge in [0.2, 0.25) is 0 Å². The summed E-state index contributed by atoms with van der Waals surface area (Å²) in [5.74, 6) is 0.0775. The summed E-state index contributed by atoms with van der Waals surface area (Å²) in [6, 6.07) is 10.2. The number of hydrogen-bond acceptors (Lipinski definition) is 3. The molecule has 0 saturated heterocycles. The Hall–Kier alpha value is -1.53. The van der Waals surface area contributed by atoms with Gasteiger partial charge in [-0.25, -0.2) is 0 Å². The van der Waals surface area contributed by atoms with Crippen LogP contribution in [0.5, 0.6) is 0 Å². The summed E-state index contributed by atoms with van der Waals surface area (Å²) < 4.78 is 0. The molecule has 0 heterocycles. The van der Waals surface area contributed by atoms with Crippen molar-refractivity contribution in [3.8, 4) is 6.07 Å². The Morgan fingerprint density at radius 3 is 2.50 bits per heavy atom. The summed E-state index contributed by atoms with van der Waals surface area (Å²) in [7, 11) is 0. The second kappa shape index (κ2) is 6.14. The van der Waals surface area contributed by atoms with Crippen LogP contribution in [0.3, 0.4) is 0 Å². The Bertz CT molecular complexity index is 350. The molecule has 0 spiro atoms. The first kappa shape index (κ1) is 12.5. The number of nitrogens with zero attached hydrogens (tertiary/aromatic N) is 2. The predicted molar refractivity (Wildman–Crippen MR) is 66.6 cm³/mol. The number of nitrogen functional groups attached to an aromatic ring is 1. The summed E-state index contributed by atoms with van der Waals surface area (Å²) in [6.45, 7) is 6.71. The van der Waals surface area contributed by atoms with Gasteiger partial charge in [0.25, 0.3) is 0 Å². The molecule has 1 aromatic rings. The Kier molecular flexibility index (Phi) is 4.81. The van der Waals surface area contributed by atoms with Crippen molar-refractivity contribution in [2.45, 2.75) is 20.4 Å². The fourth-order valence-electron chi connectivity index (χ4n) is 1.61. The van der Waals surface area contributed by atoms with Crippen LogP contribution in [-0.4, -0.2) is 18.0 Å². The maximum atomic E-state index is 8.79. The van der Waals surface area contributed by atoms with E-state index in [-0.39, 0.29) is 5.92 Å². The molecule has 0 fully saturated rings. The summed E-state index contributed by atoms with van der Waals surface area (Å²) in [6.07, 6.45) is 0. The van der Waals surface area contributed by atoms with Crippen molar-refractivity contribution in [1.82, 2.24) is 4.90 Å². The highest BCUT2D eigenvalue weighted by molar-refractivity contribution is 5.39. The number of nitriles is 1. The zero-order valence-corrected chi connectivity index (χ0v) is 9.98. The van der Waals surface area contributed by atoms with E-state index in [2.05, 4.69) is 17.9 Å². The van der Waals surface area contributed by atoms with Crippen molar-refractivity contribution >= 4 is 5.69 Å². The first-order valence-electron chi connectivity index (χ1n) is 5.62. The number of rotatable bonds is 5. The van der Waals surface area contributed by atoms with Gasteiger partial charge >= 0.3 is 0 Å². The zero-order valence-electron chi connectivity index (χ0n) is 9.98. The molecule has 86 valence electrons. The van der Waals surface area contributed by atoms with Crippen molar-refractivity contribution in [1.29, 1.82) is 5.26 Å². The van der Waals surface area contributed by atoms with Crippen LogP contribution in [0.25, 0.3) is 0 Å². The molecule has 0 amide bonds. The molecular formula is C13H19N3. The molecule has 0 aliphatic carbocycles. The van der Waals surface area contributed by atoms with E-state index >= 15 is 0 Å². The molecule has 0 aliphatic rings. The summed E-state index contributed by atoms with van der Waals surface area (Å²) in [5.41, 5.74) is 7.66. The average molecular weight is 217 g/mol. The number of anilines is 1. The smallest absolute Gasteiger partial charge is 0.0666 e. The van der Waals surface area contributed by atoms with Gasteiger partial charge in [0.15, 0.2) is 0 Å². The first-order valence-corrected chi connectivity index (χ1v) is 5.62. The first-order chi connectivity index (χ1) is 7.65. The average Bonchev–Trinajstić information content (AvgIpc) is 2.30. The molecule has 1 atom stereocenters. The number of nitrogens with two attached hydrogens (primary N) is 1. The summed E-state index contributed by atoms with van der Waals surface area (Å²) >= 11 is 0. The molecule has 1 rings (SSSR count). The van der Waals surface area contributed by atoms with Crippen LogP contribution in [0, 0.1) is 17.2 Å². The normalized spacial score (nSPS) is 12.4. The van der Waals surface area contributed by atoms with Gasteiger partial charge in [-0.2, -0.15) is 5.26 Å². The van der Waals surface area contributed by atoms with Gasteiger partial charge in [0, 0.05) is 18.8 Å². The predicted octanol–water partition coefficient (Wildman–Crippen LogP) is 2.25. The molecule has 1 unspecified atom stereocenters. The van der Waals surface area contributed by atoms with Crippen LogP contribution in [0.2, 0.25) is 0 Å². The second-order valence-corrected chi connectivity index (χ2v) is 4.10. The standard InChI is InChI=1S/C13H19N3/c1-3-16(9-11(2)8-14)10-12-4-6-13(15)7-5-12/h4-7,11H,3,9-10,15H2,1-2H3. The van der Waals surface area contributed by atoms with E-state index in [4.69, 9.17) is 11.0 Å². The molecule has 0 aliphatic heterocycles. The molecule has 0 radical (unpaired) electrons. The second-order valence-electron chi connectivity index (χ2n) is 4.10. The lowest BCUT2D eigenvalue weighted by Gasteiger charge is -2.21. The van der Waals surface area contributed by atoms with Crippen molar-refractivity contribution in [3.63, 3.8) is 0 Å². The minimum absolute atomic E-state index is 0.0775. The van der Waals surface area contributed by atoms with Gasteiger partial charge in [-0.15, -0.1) is 0 Å². The van der Waals surface area contributed by atoms with Crippen LogP contribution >= 0.6 is 0 Å². The molecular weight excluding hydrogens is 198 g/mol. The van der Waals surface area contributed by atoms with E-state index in [1.165, 1.54) is 5.56 Å². The number of benzene rings is 1. The summed E-state index contributed by atoms with van der Waals surface area (Å²) in [4.78, 5) is 2.26. The molecule has 3 nitrogen and oxygen atoms in total. The third-order valence-electron chi connectivity index (χ3n) is 2.59. The van der Waals surface area contributed by atoms with E-state index in [9.17, 15) is 0 Å². The van der Waals surface area contributed by atoms with Gasteiger partial charge in [-0.05, 0) is 31.2 Å². The van der Waals surface area contributed by atoms with Gasteiger partial charge in [0.05, 0.1) is 12.0 Å². The van der Waals surface area contributed by atoms with Gasteiger partial charge < -0.3 is 5.73 Å². The quantitative estimate of drug-likeness (QED) is 0.770. The van der Waals surface area contributed by atoms with Crippen LogP contribution in [0.4, 0.5) is 5.69 Å². The highest BCUT2D eigenvalue weighted by atomic mass is 15.1. The molecule has 16 heavy (non-hydrogen) atoms. The van der Waals surface area contributed by atoms with E-state index < -0.39 is 0 Å². The lowest BCUT2D eigenvalue weighted by molar-refractivity contribution is 0.260. The Morgan fingerprint density at radius 1 is 1.38 bits per heavy atom. The maximum Gasteiger partial charge on any atom is 0.0666 e. The maximum absolute atomic E-state index is 8.79. The Morgan fingerprint density at radius 2 is 2.00 bits per heavy atom. The Balaban J connectivity index is 2.56. The fraction of sp³-hybridized carbons (Fsp3) is 0.462. The molecule has 0 bridgehead atoms. The molecule has 2 N–H and O–H groups in total. The summed E-state index contributed by atoms with van der Waals surface area (Å²) in [5, 5.41) is 8.79. The van der Waals surface area contributed by atoms with Crippen LogP contribution in [-0.2, 0) is 6.54 Å². The largest absolute Gasteiger partial charge is 0.399 e. The van der Waals surface area contributed by atoms with E-state index in [1.54, 1.807) is 0 Å². The van der Waals surface area contributed by atoms with Gasteiger partial charge in [-0.3, -0.25) is 4.90 Å². The van der Waals surface area contributed by atoms with E-state index in [1.807, 2.05) is 31.2 Å². The third-order valence-corrected chi connectivity index (χ3v) is 2.59. The number of hydrogen-bond donors (Lipinski definition) is 1. The molecule has 3 heteroatoms. The lowest BCUT2D eigenvalue weighted by Crippen LogP contribution is -2.27. The van der Waals surface area contributed by atoms with Crippen molar-refractivity contribution < 1.29 is 0 Å². The fourth-order valence-corrected chi connectivity index (χ4v) is 1.61. The zero-order chi connectivity index (χ0) is 12.0. The van der Waals surface area contributed by atoms with Crippen molar-refractivity contribution in [2.75, 3.05) is 18.8 Å². The monoisotopic (exact) mass is 217 g/mol. The molecule has 0 saturated carbocycles. The SMILES string of the molecule is CCN(Cc1ccc(N)cc1)CC(C)C#N. The molecule has 1 aromatic carbocycles. The van der Waals surface area contributed by atoms with Crippen LogP contribution in [0.15, 0.2) is 24.3 Å². The lowest BCUT2D eigenvalue weighted by atomic mass is 10.1. The minimum Gasteiger partial charge on any atom is -0.399 e.